The van der Waals surface area contributed by atoms with E-state index in [1.54, 1.807) is 0 Å². The van der Waals surface area contributed by atoms with Crippen molar-refractivity contribution < 1.29 is 23.4 Å². The Bertz CT molecular complexity index is 462. The molecule has 8 heteroatoms. The highest BCUT2D eigenvalue weighted by atomic mass is 79.9. The van der Waals surface area contributed by atoms with Gasteiger partial charge in [0.2, 0.25) is 6.17 Å². The van der Waals surface area contributed by atoms with Crippen LogP contribution in [0.3, 0.4) is 0 Å². The first-order chi connectivity index (χ1) is 8.38. The first-order valence-electron chi connectivity index (χ1n) is 5.12. The third-order valence-electron chi connectivity index (χ3n) is 2.24. The van der Waals surface area contributed by atoms with E-state index in [2.05, 4.69) is 20.7 Å². The summed E-state index contributed by atoms with van der Waals surface area (Å²) in [6.45, 7) is 1.52. The monoisotopic (exact) mass is 359 g/mol. The molecule has 0 amide bonds. The molecule has 19 heavy (non-hydrogen) atoms. The van der Waals surface area contributed by atoms with E-state index >= 15 is 0 Å². The highest BCUT2D eigenvalue weighted by Gasteiger charge is 2.30. The van der Waals surface area contributed by atoms with Crippen LogP contribution in [0.25, 0.3) is 0 Å². The molecule has 4 nitrogen and oxygen atoms in total. The van der Waals surface area contributed by atoms with Crippen molar-refractivity contribution in [2.75, 3.05) is 6.61 Å². The number of ether oxygens (including phenoxy) is 1. The van der Waals surface area contributed by atoms with Crippen LogP contribution in [0, 0.1) is 5.82 Å². The molecule has 108 valence electrons. The number of phenolic OH excluding ortho intramolecular Hbond substituents is 1. The fourth-order valence-corrected chi connectivity index (χ4v) is 1.81. The second-order valence-corrected chi connectivity index (χ2v) is 4.36. The summed E-state index contributed by atoms with van der Waals surface area (Å²) in [6, 6.07) is 0.371. The van der Waals surface area contributed by atoms with E-state index in [1.165, 1.54) is 6.92 Å². The minimum absolute atomic E-state index is 0. The number of phenols is 1. The molecular weight excluding hydrogens is 347 g/mol. The van der Waals surface area contributed by atoms with E-state index in [0.717, 1.165) is 12.1 Å². The second kappa shape index (κ2) is 7.62. The van der Waals surface area contributed by atoms with Gasteiger partial charge in [-0.3, -0.25) is 0 Å². The van der Waals surface area contributed by atoms with Gasteiger partial charge >= 0.3 is 5.97 Å². The zero-order chi connectivity index (χ0) is 13.9. The second-order valence-electron chi connectivity index (χ2n) is 3.51. The van der Waals surface area contributed by atoms with Gasteiger partial charge in [0, 0.05) is 5.56 Å². The van der Waals surface area contributed by atoms with Crippen LogP contribution in [0.15, 0.2) is 16.6 Å². The molecule has 0 radical (unpaired) electrons. The van der Waals surface area contributed by atoms with E-state index in [4.69, 9.17) is 5.73 Å². The lowest BCUT2D eigenvalue weighted by molar-refractivity contribution is -0.149. The van der Waals surface area contributed by atoms with E-state index in [0.29, 0.717) is 0 Å². The molecule has 1 unspecified atom stereocenters. The van der Waals surface area contributed by atoms with Gasteiger partial charge in [0.1, 0.15) is 11.6 Å². The molecule has 1 rings (SSSR count). The van der Waals surface area contributed by atoms with Crippen molar-refractivity contribution in [1.29, 1.82) is 0 Å². The maximum atomic E-state index is 13.7. The van der Waals surface area contributed by atoms with Crippen molar-refractivity contribution in [2.24, 2.45) is 5.73 Å². The number of nitrogens with two attached hydrogens (primary N) is 1. The summed E-state index contributed by atoms with van der Waals surface area (Å²) in [4.78, 5) is 11.2. The molecule has 1 aromatic carbocycles. The molecule has 0 aromatic heterocycles. The highest BCUT2D eigenvalue weighted by Crippen LogP contribution is 2.34. The van der Waals surface area contributed by atoms with Crippen molar-refractivity contribution >= 4 is 34.3 Å². The molecule has 0 aliphatic carbocycles. The summed E-state index contributed by atoms with van der Waals surface area (Å²) in [5.41, 5.74) is 5.28. The quantitative estimate of drug-likeness (QED) is 0.810. The molecule has 0 fully saturated rings. The zero-order valence-electron chi connectivity index (χ0n) is 9.90. The van der Waals surface area contributed by atoms with E-state index in [1.807, 2.05) is 0 Å². The Morgan fingerprint density at radius 1 is 1.58 bits per heavy atom. The fourth-order valence-electron chi connectivity index (χ4n) is 1.37. The number of alkyl halides is 1. The third-order valence-corrected chi connectivity index (χ3v) is 2.85. The van der Waals surface area contributed by atoms with Gasteiger partial charge in [-0.1, -0.05) is 0 Å². The molecular formula is C11H13BrClF2NO3. The standard InChI is InChI=1S/C11H12BrF2NO3.ClH/c1-2-18-11(17)8(14)9(15)6-3-5(13)4-7(12)10(6)16;/h3-4,8-9,16H,2,15H2,1H3;1H/t8?,9-;/m1./s1. The number of rotatable bonds is 4. The summed E-state index contributed by atoms with van der Waals surface area (Å²) < 4.78 is 31.3. The Morgan fingerprint density at radius 2 is 2.16 bits per heavy atom. The minimum atomic E-state index is -2.18. The number of benzene rings is 1. The van der Waals surface area contributed by atoms with Crippen LogP contribution < -0.4 is 5.73 Å². The maximum absolute atomic E-state index is 13.7. The Kier molecular flexibility index (Phi) is 7.25. The third kappa shape index (κ3) is 4.29. The molecule has 0 saturated heterocycles. The SMILES string of the molecule is CCOC(=O)C(F)[C@H](N)c1cc(F)cc(Br)c1O.Cl. The smallest absolute Gasteiger partial charge is 0.342 e. The van der Waals surface area contributed by atoms with Crippen molar-refractivity contribution in [3.63, 3.8) is 0 Å². The van der Waals surface area contributed by atoms with E-state index < -0.39 is 29.7 Å². The minimum Gasteiger partial charge on any atom is -0.506 e. The number of hydrogen-bond acceptors (Lipinski definition) is 4. The van der Waals surface area contributed by atoms with Crippen LogP contribution in [-0.4, -0.2) is 23.9 Å². The van der Waals surface area contributed by atoms with E-state index in [9.17, 15) is 18.7 Å². The Hall–Kier alpha value is -0.920. The normalized spacial score (nSPS) is 13.3. The Labute approximate surface area is 123 Å². The van der Waals surface area contributed by atoms with Crippen LogP contribution in [0.4, 0.5) is 8.78 Å². The number of carbonyl (C=O) groups excluding carboxylic acids is 1. The molecule has 1 aromatic rings. The number of esters is 1. The predicted molar refractivity (Wildman–Crippen MR) is 71.5 cm³/mol. The Morgan fingerprint density at radius 3 is 2.68 bits per heavy atom. The molecule has 0 spiro atoms. The molecule has 3 N–H and O–H groups in total. The van der Waals surface area contributed by atoms with Gasteiger partial charge in [-0.15, -0.1) is 12.4 Å². The van der Waals surface area contributed by atoms with Crippen LogP contribution in [0.1, 0.15) is 18.5 Å². The van der Waals surface area contributed by atoms with Crippen LogP contribution in [0.2, 0.25) is 0 Å². The number of carbonyl (C=O) groups is 1. The van der Waals surface area contributed by atoms with Gasteiger partial charge in [0.25, 0.3) is 0 Å². The predicted octanol–water partition coefficient (Wildman–Crippen LogP) is 2.62. The lowest BCUT2D eigenvalue weighted by Crippen LogP contribution is -2.31. The molecule has 0 saturated carbocycles. The summed E-state index contributed by atoms with van der Waals surface area (Å²) in [5, 5.41) is 9.64. The van der Waals surface area contributed by atoms with Crippen molar-refractivity contribution in [3.05, 3.63) is 28.0 Å². The van der Waals surface area contributed by atoms with Crippen molar-refractivity contribution in [2.45, 2.75) is 19.1 Å². The summed E-state index contributed by atoms with van der Waals surface area (Å²) in [7, 11) is 0. The van der Waals surface area contributed by atoms with Crippen LogP contribution in [-0.2, 0) is 9.53 Å². The van der Waals surface area contributed by atoms with Crippen molar-refractivity contribution in [3.8, 4) is 5.75 Å². The van der Waals surface area contributed by atoms with Gasteiger partial charge in [-0.05, 0) is 35.0 Å². The topological polar surface area (TPSA) is 72.5 Å². The van der Waals surface area contributed by atoms with Crippen molar-refractivity contribution in [1.82, 2.24) is 0 Å². The average Bonchev–Trinajstić information content (AvgIpc) is 2.32. The molecule has 0 aliphatic heterocycles. The molecule has 0 heterocycles. The largest absolute Gasteiger partial charge is 0.506 e. The van der Waals surface area contributed by atoms with Gasteiger partial charge in [0.15, 0.2) is 0 Å². The fraction of sp³-hybridized carbons (Fsp3) is 0.364. The van der Waals surface area contributed by atoms with Gasteiger partial charge in [-0.2, -0.15) is 0 Å². The summed E-state index contributed by atoms with van der Waals surface area (Å²) in [6.07, 6.45) is -2.18. The van der Waals surface area contributed by atoms with Crippen LogP contribution in [0.5, 0.6) is 5.75 Å². The Balaban J connectivity index is 0.00000324. The maximum Gasteiger partial charge on any atom is 0.342 e. The molecule has 0 aliphatic rings. The number of halogens is 4. The van der Waals surface area contributed by atoms with Gasteiger partial charge in [0.05, 0.1) is 17.1 Å². The van der Waals surface area contributed by atoms with Gasteiger partial charge < -0.3 is 15.6 Å². The summed E-state index contributed by atoms with van der Waals surface area (Å²) in [5.74, 6) is -2.26. The van der Waals surface area contributed by atoms with Crippen LogP contribution >= 0.6 is 28.3 Å². The summed E-state index contributed by atoms with van der Waals surface area (Å²) >= 11 is 2.90. The lowest BCUT2D eigenvalue weighted by atomic mass is 10.0. The lowest BCUT2D eigenvalue weighted by Gasteiger charge is -2.17. The zero-order valence-corrected chi connectivity index (χ0v) is 12.3. The number of aromatic hydroxyl groups is 1. The highest BCUT2D eigenvalue weighted by molar-refractivity contribution is 9.10. The first kappa shape index (κ1) is 18.1. The molecule has 0 bridgehead atoms. The average molecular weight is 361 g/mol. The first-order valence-corrected chi connectivity index (χ1v) is 5.92. The van der Waals surface area contributed by atoms with Gasteiger partial charge in [-0.25, -0.2) is 13.6 Å². The van der Waals surface area contributed by atoms with E-state index in [-0.39, 0.29) is 29.1 Å². The number of hydrogen-bond donors (Lipinski definition) is 2. The molecule has 2 atom stereocenters.